The zero-order valence-corrected chi connectivity index (χ0v) is 12.3. The third kappa shape index (κ3) is 6.96. The first-order valence-electron chi connectivity index (χ1n) is 6.78. The van der Waals surface area contributed by atoms with Gasteiger partial charge in [0.2, 0.25) is 0 Å². The van der Waals surface area contributed by atoms with Crippen LogP contribution < -0.4 is 5.32 Å². The third-order valence-corrected chi connectivity index (χ3v) is 2.59. The van der Waals surface area contributed by atoms with E-state index in [-0.39, 0.29) is 11.9 Å². The molecule has 1 aromatic rings. The molecule has 0 unspecified atom stereocenters. The van der Waals surface area contributed by atoms with E-state index in [1.54, 1.807) is 6.20 Å². The zero-order chi connectivity index (χ0) is 14.3. The standard InChI is InChI=1S/C14H25N3O2/c1-12(13(18)19-14(2,3)4)10-15-6-5-8-17-9-7-16-11-17/h7,9,11-12,15H,5-6,8,10H2,1-4H3/t12-/m0/s1. The summed E-state index contributed by atoms with van der Waals surface area (Å²) in [7, 11) is 0. The number of carbonyl (C=O) groups excluding carboxylic acids is 1. The molecular weight excluding hydrogens is 242 g/mol. The van der Waals surface area contributed by atoms with Crippen LogP contribution in [0.5, 0.6) is 0 Å². The van der Waals surface area contributed by atoms with E-state index in [9.17, 15) is 4.79 Å². The highest BCUT2D eigenvalue weighted by molar-refractivity contribution is 5.72. The largest absolute Gasteiger partial charge is 0.460 e. The fourth-order valence-electron chi connectivity index (χ4n) is 1.61. The number of esters is 1. The van der Waals surface area contributed by atoms with Gasteiger partial charge in [0.15, 0.2) is 0 Å². The Labute approximate surface area is 115 Å². The first kappa shape index (κ1) is 15.7. The Bertz CT molecular complexity index is 369. The summed E-state index contributed by atoms with van der Waals surface area (Å²) in [5, 5.41) is 3.28. The average Bonchev–Trinajstić information content (AvgIpc) is 2.79. The van der Waals surface area contributed by atoms with Gasteiger partial charge in [0.1, 0.15) is 5.60 Å². The van der Waals surface area contributed by atoms with E-state index >= 15 is 0 Å². The molecule has 19 heavy (non-hydrogen) atoms. The minimum atomic E-state index is -0.410. The molecule has 0 fully saturated rings. The van der Waals surface area contributed by atoms with Crippen molar-refractivity contribution in [3.63, 3.8) is 0 Å². The molecule has 0 saturated heterocycles. The molecule has 0 aliphatic heterocycles. The van der Waals surface area contributed by atoms with Gasteiger partial charge < -0.3 is 14.6 Å². The van der Waals surface area contributed by atoms with Crippen LogP contribution in [-0.2, 0) is 16.1 Å². The van der Waals surface area contributed by atoms with Gasteiger partial charge in [-0.25, -0.2) is 4.98 Å². The Hall–Kier alpha value is -1.36. The first-order valence-corrected chi connectivity index (χ1v) is 6.78. The molecule has 108 valence electrons. The maximum Gasteiger partial charge on any atom is 0.310 e. The van der Waals surface area contributed by atoms with Gasteiger partial charge in [-0.1, -0.05) is 6.92 Å². The summed E-state index contributed by atoms with van der Waals surface area (Å²) in [4.78, 5) is 15.7. The van der Waals surface area contributed by atoms with Crippen molar-refractivity contribution in [1.29, 1.82) is 0 Å². The highest BCUT2D eigenvalue weighted by atomic mass is 16.6. The van der Waals surface area contributed by atoms with E-state index < -0.39 is 5.60 Å². The number of rotatable bonds is 7. The van der Waals surface area contributed by atoms with Crippen molar-refractivity contribution < 1.29 is 9.53 Å². The Morgan fingerprint density at radius 1 is 1.47 bits per heavy atom. The lowest BCUT2D eigenvalue weighted by molar-refractivity contribution is -0.159. The van der Waals surface area contributed by atoms with Crippen LogP contribution in [0.1, 0.15) is 34.1 Å². The molecule has 0 aliphatic carbocycles. The van der Waals surface area contributed by atoms with E-state index in [2.05, 4.69) is 10.3 Å². The van der Waals surface area contributed by atoms with Crippen LogP contribution in [0.15, 0.2) is 18.7 Å². The average molecular weight is 267 g/mol. The smallest absolute Gasteiger partial charge is 0.310 e. The molecule has 0 bridgehead atoms. The highest BCUT2D eigenvalue weighted by Crippen LogP contribution is 2.10. The van der Waals surface area contributed by atoms with Gasteiger partial charge in [-0.2, -0.15) is 0 Å². The lowest BCUT2D eigenvalue weighted by Gasteiger charge is -2.22. The van der Waals surface area contributed by atoms with Crippen LogP contribution in [-0.4, -0.2) is 34.2 Å². The number of nitrogens with one attached hydrogen (secondary N) is 1. The number of ether oxygens (including phenoxy) is 1. The van der Waals surface area contributed by atoms with Crippen LogP contribution in [0.2, 0.25) is 0 Å². The predicted molar refractivity (Wildman–Crippen MR) is 74.7 cm³/mol. The van der Waals surface area contributed by atoms with E-state index in [4.69, 9.17) is 4.74 Å². The van der Waals surface area contributed by atoms with E-state index in [1.807, 2.05) is 44.8 Å². The van der Waals surface area contributed by atoms with Crippen LogP contribution in [0.25, 0.3) is 0 Å². The minimum Gasteiger partial charge on any atom is -0.460 e. The van der Waals surface area contributed by atoms with Crippen molar-refractivity contribution in [3.8, 4) is 0 Å². The molecular formula is C14H25N3O2. The summed E-state index contributed by atoms with van der Waals surface area (Å²) in [6.07, 6.45) is 6.54. The lowest BCUT2D eigenvalue weighted by atomic mass is 10.1. The number of nitrogens with zero attached hydrogens (tertiary/aromatic N) is 2. The predicted octanol–water partition coefficient (Wildman–Crippen LogP) is 1.84. The Balaban J connectivity index is 2.10. The second-order valence-corrected chi connectivity index (χ2v) is 5.79. The van der Waals surface area contributed by atoms with Crippen LogP contribution in [0, 0.1) is 5.92 Å². The van der Waals surface area contributed by atoms with Crippen molar-refractivity contribution in [2.24, 2.45) is 5.92 Å². The van der Waals surface area contributed by atoms with Crippen LogP contribution in [0.3, 0.4) is 0 Å². The van der Waals surface area contributed by atoms with Crippen molar-refractivity contribution in [2.45, 2.75) is 46.3 Å². The van der Waals surface area contributed by atoms with E-state index in [0.717, 1.165) is 19.5 Å². The Morgan fingerprint density at radius 3 is 2.79 bits per heavy atom. The second-order valence-electron chi connectivity index (χ2n) is 5.79. The van der Waals surface area contributed by atoms with Crippen molar-refractivity contribution in [2.75, 3.05) is 13.1 Å². The number of hydrogen-bond donors (Lipinski definition) is 1. The zero-order valence-electron chi connectivity index (χ0n) is 12.3. The summed E-state index contributed by atoms with van der Waals surface area (Å²) < 4.78 is 7.36. The summed E-state index contributed by atoms with van der Waals surface area (Å²) in [6, 6.07) is 0. The molecule has 0 spiro atoms. The molecule has 1 rings (SSSR count). The molecule has 1 aromatic heterocycles. The normalized spacial score (nSPS) is 13.3. The summed E-state index contributed by atoms with van der Waals surface area (Å²) in [5.74, 6) is -0.262. The summed E-state index contributed by atoms with van der Waals surface area (Å²) in [5.41, 5.74) is -0.410. The summed E-state index contributed by atoms with van der Waals surface area (Å²) in [6.45, 7) is 10.0. The summed E-state index contributed by atoms with van der Waals surface area (Å²) >= 11 is 0. The van der Waals surface area contributed by atoms with Gasteiger partial charge in [0, 0.05) is 25.5 Å². The third-order valence-electron chi connectivity index (χ3n) is 2.59. The quantitative estimate of drug-likeness (QED) is 0.605. The Kier molecular flexibility index (Phi) is 6.02. The molecule has 0 saturated carbocycles. The first-order chi connectivity index (χ1) is 8.88. The number of imidazole rings is 1. The van der Waals surface area contributed by atoms with Gasteiger partial charge in [-0.05, 0) is 33.7 Å². The van der Waals surface area contributed by atoms with Gasteiger partial charge >= 0.3 is 5.97 Å². The van der Waals surface area contributed by atoms with Crippen LogP contribution in [0.4, 0.5) is 0 Å². The second kappa shape index (κ2) is 7.28. The van der Waals surface area contributed by atoms with Gasteiger partial charge in [-0.15, -0.1) is 0 Å². The SMILES string of the molecule is C[C@@H](CNCCCn1ccnc1)C(=O)OC(C)(C)C. The molecule has 0 aliphatic rings. The van der Waals surface area contributed by atoms with E-state index in [0.29, 0.717) is 6.54 Å². The monoisotopic (exact) mass is 267 g/mol. The minimum absolute atomic E-state index is 0.118. The number of carbonyl (C=O) groups is 1. The fraction of sp³-hybridized carbons (Fsp3) is 0.714. The van der Waals surface area contributed by atoms with E-state index in [1.165, 1.54) is 0 Å². The van der Waals surface area contributed by atoms with Gasteiger partial charge in [0.25, 0.3) is 0 Å². The van der Waals surface area contributed by atoms with Crippen molar-refractivity contribution >= 4 is 5.97 Å². The molecule has 0 amide bonds. The molecule has 1 atom stereocenters. The molecule has 5 nitrogen and oxygen atoms in total. The molecule has 5 heteroatoms. The molecule has 1 heterocycles. The molecule has 0 aromatic carbocycles. The topological polar surface area (TPSA) is 56.2 Å². The number of hydrogen-bond acceptors (Lipinski definition) is 4. The fourth-order valence-corrected chi connectivity index (χ4v) is 1.61. The lowest BCUT2D eigenvalue weighted by Crippen LogP contribution is -2.33. The van der Waals surface area contributed by atoms with Crippen molar-refractivity contribution in [1.82, 2.24) is 14.9 Å². The van der Waals surface area contributed by atoms with Crippen LogP contribution >= 0.6 is 0 Å². The molecule has 0 radical (unpaired) electrons. The molecule has 1 N–H and O–H groups in total. The van der Waals surface area contributed by atoms with Gasteiger partial charge in [0.05, 0.1) is 12.2 Å². The van der Waals surface area contributed by atoms with Crippen molar-refractivity contribution in [3.05, 3.63) is 18.7 Å². The van der Waals surface area contributed by atoms with Gasteiger partial charge in [-0.3, -0.25) is 4.79 Å². The highest BCUT2D eigenvalue weighted by Gasteiger charge is 2.21. The number of aromatic nitrogens is 2. The Morgan fingerprint density at radius 2 is 2.21 bits per heavy atom. The maximum atomic E-state index is 11.7. The number of aryl methyl sites for hydroxylation is 1. The maximum absolute atomic E-state index is 11.7.